The van der Waals surface area contributed by atoms with Gasteiger partial charge in [0.1, 0.15) is 0 Å². The first-order valence-corrected chi connectivity index (χ1v) is 3.47. The van der Waals surface area contributed by atoms with Crippen LogP contribution in [0.2, 0.25) is 0 Å². The number of hydrogen-bond acceptors (Lipinski definition) is 7. The molecule has 0 aromatic heterocycles. The van der Waals surface area contributed by atoms with E-state index in [2.05, 4.69) is 18.9 Å². The van der Waals surface area contributed by atoms with Gasteiger partial charge in [-0.05, 0) is 0 Å². The molecule has 0 aliphatic heterocycles. The van der Waals surface area contributed by atoms with Gasteiger partial charge in [0, 0.05) is 0 Å². The average molecular weight is 206 g/mol. The molecule has 0 N–H and O–H groups in total. The van der Waals surface area contributed by atoms with Crippen LogP contribution < -0.4 is 0 Å². The van der Waals surface area contributed by atoms with Gasteiger partial charge < -0.3 is 18.9 Å². The van der Waals surface area contributed by atoms with Crippen molar-refractivity contribution in [2.75, 3.05) is 21.3 Å². The van der Waals surface area contributed by atoms with Crippen molar-refractivity contribution in [3.63, 3.8) is 0 Å². The maximum atomic E-state index is 10.9. The lowest BCUT2D eigenvalue weighted by atomic mass is 10.4. The molecule has 0 aromatic carbocycles. The maximum absolute atomic E-state index is 10.9. The summed E-state index contributed by atoms with van der Waals surface area (Å²) in [6.45, 7) is 0. The van der Waals surface area contributed by atoms with Crippen molar-refractivity contribution in [3.05, 3.63) is 0 Å². The van der Waals surface area contributed by atoms with E-state index in [1.54, 1.807) is 0 Å². The SMILES string of the molecule is COC(=O)OC(C(=O)OC)C(=O)OC. The molecule has 0 amide bonds. The standard InChI is InChI=1S/C7H10O7/c1-11-5(8)4(6(9)12-2)14-7(10)13-3/h4H,1-3H3. The fraction of sp³-hybridized carbons (Fsp3) is 0.571. The number of methoxy groups -OCH3 is 3. The van der Waals surface area contributed by atoms with Crippen LogP contribution in [0.15, 0.2) is 0 Å². The monoisotopic (exact) mass is 206 g/mol. The molecule has 0 unspecified atom stereocenters. The number of rotatable bonds is 3. The molecule has 0 atom stereocenters. The lowest BCUT2D eigenvalue weighted by molar-refractivity contribution is -0.167. The summed E-state index contributed by atoms with van der Waals surface area (Å²) >= 11 is 0. The van der Waals surface area contributed by atoms with Crippen LogP contribution in [-0.4, -0.2) is 45.5 Å². The van der Waals surface area contributed by atoms with Crippen molar-refractivity contribution in [1.29, 1.82) is 0 Å². The van der Waals surface area contributed by atoms with Crippen molar-refractivity contribution in [2.24, 2.45) is 0 Å². The minimum Gasteiger partial charge on any atom is -0.466 e. The van der Waals surface area contributed by atoms with Crippen molar-refractivity contribution in [1.82, 2.24) is 0 Å². The number of carbonyl (C=O) groups excluding carboxylic acids is 3. The molecule has 0 fully saturated rings. The fourth-order valence-corrected chi connectivity index (χ4v) is 0.551. The van der Waals surface area contributed by atoms with E-state index in [0.29, 0.717) is 0 Å². The van der Waals surface area contributed by atoms with Crippen molar-refractivity contribution >= 4 is 18.1 Å². The highest BCUT2D eigenvalue weighted by Crippen LogP contribution is 2.00. The third-order valence-corrected chi connectivity index (χ3v) is 1.21. The van der Waals surface area contributed by atoms with Gasteiger partial charge in [-0.1, -0.05) is 0 Å². The molecule has 80 valence electrons. The average Bonchev–Trinajstić information content (AvgIpc) is 2.23. The zero-order valence-electron chi connectivity index (χ0n) is 7.94. The van der Waals surface area contributed by atoms with Crippen LogP contribution in [0.3, 0.4) is 0 Å². The topological polar surface area (TPSA) is 88.1 Å². The highest BCUT2D eigenvalue weighted by atomic mass is 16.7. The molecule has 0 rings (SSSR count). The summed E-state index contributed by atoms with van der Waals surface area (Å²) in [5.41, 5.74) is 0. The van der Waals surface area contributed by atoms with Gasteiger partial charge in [0.25, 0.3) is 6.10 Å². The van der Waals surface area contributed by atoms with E-state index in [9.17, 15) is 14.4 Å². The lowest BCUT2D eigenvalue weighted by Gasteiger charge is -2.11. The van der Waals surface area contributed by atoms with Crippen LogP contribution in [0.5, 0.6) is 0 Å². The normalized spacial score (nSPS) is 9.14. The molecule has 0 bridgehead atoms. The number of hydrogen-bond donors (Lipinski definition) is 0. The highest BCUT2D eigenvalue weighted by molar-refractivity contribution is 5.99. The minimum atomic E-state index is -1.75. The quantitative estimate of drug-likeness (QED) is 0.349. The van der Waals surface area contributed by atoms with Crippen molar-refractivity contribution in [2.45, 2.75) is 6.10 Å². The van der Waals surface area contributed by atoms with Crippen molar-refractivity contribution < 1.29 is 33.3 Å². The molecule has 0 heterocycles. The second-order valence-corrected chi connectivity index (χ2v) is 2.00. The first-order valence-electron chi connectivity index (χ1n) is 3.47. The molecule has 0 aliphatic carbocycles. The Bertz CT molecular complexity index is 218. The molecular formula is C7H10O7. The second-order valence-electron chi connectivity index (χ2n) is 2.00. The Labute approximate surface area is 79.9 Å². The molecule has 0 saturated carbocycles. The molecular weight excluding hydrogens is 196 g/mol. The predicted molar refractivity (Wildman–Crippen MR) is 41.3 cm³/mol. The molecule has 14 heavy (non-hydrogen) atoms. The maximum Gasteiger partial charge on any atom is 0.509 e. The van der Waals surface area contributed by atoms with E-state index in [0.717, 1.165) is 21.3 Å². The summed E-state index contributed by atoms with van der Waals surface area (Å²) in [5, 5.41) is 0. The van der Waals surface area contributed by atoms with E-state index in [-0.39, 0.29) is 0 Å². The molecule has 7 heteroatoms. The van der Waals surface area contributed by atoms with Crippen LogP contribution in [-0.2, 0) is 28.5 Å². The molecule has 0 aliphatic rings. The van der Waals surface area contributed by atoms with Gasteiger partial charge in [0.2, 0.25) is 0 Å². The Hall–Kier alpha value is -1.79. The molecule has 7 nitrogen and oxygen atoms in total. The van der Waals surface area contributed by atoms with E-state index in [1.807, 2.05) is 0 Å². The zero-order valence-corrected chi connectivity index (χ0v) is 7.94. The summed E-state index contributed by atoms with van der Waals surface area (Å²) < 4.78 is 16.8. The Kier molecular flexibility index (Phi) is 5.05. The van der Waals surface area contributed by atoms with Gasteiger partial charge in [-0.3, -0.25) is 0 Å². The van der Waals surface area contributed by atoms with Gasteiger partial charge in [0.15, 0.2) is 0 Å². The fourth-order valence-electron chi connectivity index (χ4n) is 0.551. The van der Waals surface area contributed by atoms with Crippen LogP contribution in [0.25, 0.3) is 0 Å². The second kappa shape index (κ2) is 5.79. The summed E-state index contributed by atoms with van der Waals surface area (Å²) in [5.74, 6) is -2.08. The molecule has 0 saturated heterocycles. The van der Waals surface area contributed by atoms with Gasteiger partial charge in [-0.25, -0.2) is 14.4 Å². The first kappa shape index (κ1) is 12.2. The third-order valence-electron chi connectivity index (χ3n) is 1.21. The van der Waals surface area contributed by atoms with Gasteiger partial charge in [0.05, 0.1) is 21.3 Å². The number of carbonyl (C=O) groups is 3. The predicted octanol–water partition coefficient (Wildman–Crippen LogP) is -0.516. The summed E-state index contributed by atoms with van der Waals surface area (Å²) in [6.07, 6.45) is -2.93. The smallest absolute Gasteiger partial charge is 0.466 e. The van der Waals surface area contributed by atoms with E-state index >= 15 is 0 Å². The van der Waals surface area contributed by atoms with E-state index < -0.39 is 24.2 Å². The van der Waals surface area contributed by atoms with Gasteiger partial charge in [-0.2, -0.15) is 0 Å². The van der Waals surface area contributed by atoms with Gasteiger partial charge in [-0.15, -0.1) is 0 Å². The Balaban J connectivity index is 4.48. The van der Waals surface area contributed by atoms with Crippen LogP contribution in [0.4, 0.5) is 4.79 Å². The van der Waals surface area contributed by atoms with Crippen LogP contribution in [0.1, 0.15) is 0 Å². The largest absolute Gasteiger partial charge is 0.509 e. The Morgan fingerprint density at radius 1 is 0.857 bits per heavy atom. The summed E-state index contributed by atoms with van der Waals surface area (Å²) in [4.78, 5) is 32.4. The van der Waals surface area contributed by atoms with E-state index in [4.69, 9.17) is 0 Å². The van der Waals surface area contributed by atoms with Crippen LogP contribution >= 0.6 is 0 Å². The highest BCUT2D eigenvalue weighted by Gasteiger charge is 2.33. The summed E-state index contributed by atoms with van der Waals surface area (Å²) in [7, 11) is 3.12. The van der Waals surface area contributed by atoms with Crippen LogP contribution in [0, 0.1) is 0 Å². The summed E-state index contributed by atoms with van der Waals surface area (Å²) in [6, 6.07) is 0. The molecule has 0 spiro atoms. The van der Waals surface area contributed by atoms with Gasteiger partial charge >= 0.3 is 18.1 Å². The molecule has 0 aromatic rings. The first-order chi connectivity index (χ1) is 6.56. The number of ether oxygens (including phenoxy) is 4. The number of esters is 2. The zero-order chi connectivity index (χ0) is 11.1. The van der Waals surface area contributed by atoms with E-state index in [1.165, 1.54) is 0 Å². The molecule has 0 radical (unpaired) electrons. The van der Waals surface area contributed by atoms with Crippen molar-refractivity contribution in [3.8, 4) is 0 Å². The Morgan fingerprint density at radius 3 is 1.57 bits per heavy atom. The minimum absolute atomic E-state index is 1.04. The lowest BCUT2D eigenvalue weighted by Crippen LogP contribution is -2.36. The third kappa shape index (κ3) is 3.30. The Morgan fingerprint density at radius 2 is 1.29 bits per heavy atom.